The van der Waals surface area contributed by atoms with Gasteiger partial charge in [-0.15, -0.1) is 0 Å². The molecule has 2 aromatic rings. The third kappa shape index (κ3) is 2.88. The minimum atomic E-state index is 0.573. The van der Waals surface area contributed by atoms with Crippen LogP contribution >= 0.6 is 0 Å². The number of hydrogen-bond donors (Lipinski definition) is 0. The Morgan fingerprint density at radius 3 is 2.59 bits per heavy atom. The zero-order valence-electron chi connectivity index (χ0n) is 10.4. The number of hydrogen-bond acceptors (Lipinski definition) is 1. The molecule has 0 aliphatic rings. The first kappa shape index (κ1) is 11.7. The maximum Gasteiger partial charge on any atom is 0.122 e. The number of rotatable bonds is 3. The highest BCUT2D eigenvalue weighted by Gasteiger charge is 2.02. The van der Waals surface area contributed by atoms with Crippen molar-refractivity contribution < 1.29 is 4.74 Å². The fourth-order valence-corrected chi connectivity index (χ4v) is 1.72. The van der Waals surface area contributed by atoms with Crippen LogP contribution in [-0.4, -0.2) is 0 Å². The number of benzene rings is 2. The van der Waals surface area contributed by atoms with Gasteiger partial charge in [-0.25, -0.2) is 0 Å². The standard InChI is InChI=1S/C16H17O/c1-12-8-9-14(3)16(10-12)17-11-15-7-5-4-6-13(15)2/h4-10H,2,11H2,1,3H3. The van der Waals surface area contributed by atoms with E-state index in [0.717, 1.165) is 22.4 Å². The van der Waals surface area contributed by atoms with Crippen LogP contribution in [0.1, 0.15) is 22.3 Å². The third-order valence-electron chi connectivity index (χ3n) is 2.85. The Bertz CT molecular complexity index is 515. The Morgan fingerprint density at radius 2 is 1.82 bits per heavy atom. The summed E-state index contributed by atoms with van der Waals surface area (Å²) in [6.07, 6.45) is 0. The molecule has 0 fully saturated rings. The van der Waals surface area contributed by atoms with Gasteiger partial charge in [0, 0.05) is 0 Å². The van der Waals surface area contributed by atoms with Crippen molar-refractivity contribution in [2.75, 3.05) is 0 Å². The molecule has 1 heteroatoms. The molecule has 0 aliphatic carbocycles. The molecule has 0 saturated heterocycles. The van der Waals surface area contributed by atoms with Crippen LogP contribution in [-0.2, 0) is 6.61 Å². The molecule has 0 unspecified atom stereocenters. The highest BCUT2D eigenvalue weighted by Crippen LogP contribution is 2.21. The van der Waals surface area contributed by atoms with Crippen LogP contribution in [0.25, 0.3) is 0 Å². The van der Waals surface area contributed by atoms with E-state index in [0.29, 0.717) is 6.61 Å². The smallest absolute Gasteiger partial charge is 0.122 e. The predicted octanol–water partition coefficient (Wildman–Crippen LogP) is 4.06. The van der Waals surface area contributed by atoms with Gasteiger partial charge < -0.3 is 4.74 Å². The fourth-order valence-electron chi connectivity index (χ4n) is 1.72. The molecule has 1 radical (unpaired) electrons. The minimum Gasteiger partial charge on any atom is -0.489 e. The average Bonchev–Trinajstić information content (AvgIpc) is 2.32. The lowest BCUT2D eigenvalue weighted by molar-refractivity contribution is 0.303. The van der Waals surface area contributed by atoms with Gasteiger partial charge in [-0.3, -0.25) is 0 Å². The van der Waals surface area contributed by atoms with E-state index in [9.17, 15) is 0 Å². The normalized spacial score (nSPS) is 10.3. The molecule has 0 amide bonds. The Labute approximate surface area is 103 Å². The first-order valence-electron chi connectivity index (χ1n) is 5.77. The van der Waals surface area contributed by atoms with Gasteiger partial charge in [-0.2, -0.15) is 0 Å². The zero-order valence-corrected chi connectivity index (χ0v) is 10.4. The molecule has 0 saturated carbocycles. The van der Waals surface area contributed by atoms with Gasteiger partial charge in [-0.1, -0.05) is 36.4 Å². The number of aryl methyl sites for hydroxylation is 2. The summed E-state index contributed by atoms with van der Waals surface area (Å²) in [5.41, 5.74) is 4.54. The lowest BCUT2D eigenvalue weighted by atomic mass is 10.1. The van der Waals surface area contributed by atoms with Crippen molar-refractivity contribution in [1.82, 2.24) is 0 Å². The SMILES string of the molecule is [CH2]c1ccccc1COc1cc(C)ccc1C. The van der Waals surface area contributed by atoms with Crippen LogP contribution in [0.3, 0.4) is 0 Å². The summed E-state index contributed by atoms with van der Waals surface area (Å²) in [7, 11) is 0. The molecule has 17 heavy (non-hydrogen) atoms. The topological polar surface area (TPSA) is 9.23 Å². The van der Waals surface area contributed by atoms with E-state index in [4.69, 9.17) is 4.74 Å². The Morgan fingerprint density at radius 1 is 1.06 bits per heavy atom. The summed E-state index contributed by atoms with van der Waals surface area (Å²) >= 11 is 0. The summed E-state index contributed by atoms with van der Waals surface area (Å²) in [6.45, 7) is 8.70. The lowest BCUT2D eigenvalue weighted by Crippen LogP contribution is -1.99. The summed E-state index contributed by atoms with van der Waals surface area (Å²) < 4.78 is 5.84. The van der Waals surface area contributed by atoms with E-state index < -0.39 is 0 Å². The summed E-state index contributed by atoms with van der Waals surface area (Å²) in [4.78, 5) is 0. The molecular formula is C16H17O. The molecule has 0 aromatic heterocycles. The van der Waals surface area contributed by atoms with Crippen molar-refractivity contribution in [3.05, 3.63) is 71.6 Å². The van der Waals surface area contributed by atoms with Gasteiger partial charge in [0.1, 0.15) is 12.4 Å². The van der Waals surface area contributed by atoms with Crippen LogP contribution < -0.4 is 4.74 Å². The highest BCUT2D eigenvalue weighted by atomic mass is 16.5. The summed E-state index contributed by atoms with van der Waals surface area (Å²) in [6, 6.07) is 14.3. The van der Waals surface area contributed by atoms with E-state index in [1.807, 2.05) is 24.3 Å². The Hall–Kier alpha value is -1.76. The van der Waals surface area contributed by atoms with E-state index >= 15 is 0 Å². The average molecular weight is 225 g/mol. The molecule has 1 nitrogen and oxygen atoms in total. The highest BCUT2D eigenvalue weighted by molar-refractivity contribution is 5.36. The Balaban J connectivity index is 2.12. The van der Waals surface area contributed by atoms with Crippen molar-refractivity contribution in [2.24, 2.45) is 0 Å². The van der Waals surface area contributed by atoms with E-state index in [2.05, 4.69) is 39.0 Å². The van der Waals surface area contributed by atoms with Gasteiger partial charge in [0.05, 0.1) is 0 Å². The van der Waals surface area contributed by atoms with E-state index in [1.54, 1.807) is 0 Å². The molecule has 0 spiro atoms. The van der Waals surface area contributed by atoms with Crippen molar-refractivity contribution in [1.29, 1.82) is 0 Å². The van der Waals surface area contributed by atoms with Crippen LogP contribution in [0, 0.1) is 20.8 Å². The molecule has 87 valence electrons. The van der Waals surface area contributed by atoms with Crippen LogP contribution in [0.2, 0.25) is 0 Å². The van der Waals surface area contributed by atoms with Gasteiger partial charge in [0.25, 0.3) is 0 Å². The molecule has 0 heterocycles. The molecule has 0 atom stereocenters. The van der Waals surface area contributed by atoms with E-state index in [1.165, 1.54) is 5.56 Å². The van der Waals surface area contributed by atoms with E-state index in [-0.39, 0.29) is 0 Å². The Kier molecular flexibility index (Phi) is 3.48. The molecule has 0 N–H and O–H groups in total. The molecule has 0 aliphatic heterocycles. The second-order valence-electron chi connectivity index (χ2n) is 4.33. The first-order valence-corrected chi connectivity index (χ1v) is 5.77. The molecule has 2 aromatic carbocycles. The van der Waals surface area contributed by atoms with Gasteiger partial charge in [-0.05, 0) is 49.1 Å². The van der Waals surface area contributed by atoms with Gasteiger partial charge in [0.2, 0.25) is 0 Å². The number of ether oxygens (including phenoxy) is 1. The maximum atomic E-state index is 5.84. The monoisotopic (exact) mass is 225 g/mol. The summed E-state index contributed by atoms with van der Waals surface area (Å²) in [5, 5.41) is 0. The second-order valence-corrected chi connectivity index (χ2v) is 4.33. The largest absolute Gasteiger partial charge is 0.489 e. The zero-order chi connectivity index (χ0) is 12.3. The molecular weight excluding hydrogens is 208 g/mol. The fraction of sp³-hybridized carbons (Fsp3) is 0.188. The van der Waals surface area contributed by atoms with Crippen LogP contribution in [0.5, 0.6) is 5.75 Å². The minimum absolute atomic E-state index is 0.573. The lowest BCUT2D eigenvalue weighted by Gasteiger charge is -2.11. The predicted molar refractivity (Wildman–Crippen MR) is 71.1 cm³/mol. The van der Waals surface area contributed by atoms with Crippen molar-refractivity contribution in [2.45, 2.75) is 20.5 Å². The van der Waals surface area contributed by atoms with Gasteiger partial charge in [0.15, 0.2) is 0 Å². The molecule has 0 bridgehead atoms. The van der Waals surface area contributed by atoms with Crippen molar-refractivity contribution in [3.8, 4) is 5.75 Å². The van der Waals surface area contributed by atoms with Crippen molar-refractivity contribution in [3.63, 3.8) is 0 Å². The van der Waals surface area contributed by atoms with Crippen molar-refractivity contribution >= 4 is 0 Å². The second kappa shape index (κ2) is 5.05. The maximum absolute atomic E-state index is 5.84. The first-order chi connectivity index (χ1) is 8.16. The van der Waals surface area contributed by atoms with Crippen LogP contribution in [0.4, 0.5) is 0 Å². The summed E-state index contributed by atoms with van der Waals surface area (Å²) in [5.74, 6) is 0.952. The molecule has 2 rings (SSSR count). The quantitative estimate of drug-likeness (QED) is 0.765. The van der Waals surface area contributed by atoms with Gasteiger partial charge >= 0.3 is 0 Å². The third-order valence-corrected chi connectivity index (χ3v) is 2.85. The van der Waals surface area contributed by atoms with Crippen LogP contribution in [0.15, 0.2) is 42.5 Å².